The van der Waals surface area contributed by atoms with Crippen molar-refractivity contribution in [2.24, 2.45) is 34.0 Å². The van der Waals surface area contributed by atoms with Crippen LogP contribution >= 0.6 is 7.37 Å². The van der Waals surface area contributed by atoms with E-state index in [1.807, 2.05) is 19.1 Å². The highest BCUT2D eigenvalue weighted by molar-refractivity contribution is 7.73. The van der Waals surface area contributed by atoms with Crippen molar-refractivity contribution < 1.29 is 120 Å². The smallest absolute Gasteiger partial charge is 0.335 e. The Hall–Kier alpha value is -5.73. The van der Waals surface area contributed by atoms with Gasteiger partial charge in [0.2, 0.25) is 0 Å². The van der Waals surface area contributed by atoms with Crippen LogP contribution in [0.1, 0.15) is 70.6 Å². The molecule has 1 aliphatic carbocycles. The van der Waals surface area contributed by atoms with Crippen LogP contribution in [0.15, 0.2) is 78.9 Å². The molecular weight excluding hydrogens is 967 g/mol. The monoisotopic (exact) mass is 1030 g/mol. The highest BCUT2D eigenvalue weighted by Gasteiger charge is 2.39. The first-order valence-corrected chi connectivity index (χ1v) is 22.9. The Morgan fingerprint density at radius 1 is 0.451 bits per heavy atom. The maximum absolute atomic E-state index is 12.2. The van der Waals surface area contributed by atoms with Crippen LogP contribution in [0.2, 0.25) is 0 Å². The number of carboxylic acid groups (broad SMARTS) is 6. The quantitative estimate of drug-likeness (QED) is 0.0656. The second-order valence-corrected chi connectivity index (χ2v) is 18.7. The van der Waals surface area contributed by atoms with Crippen molar-refractivity contribution in [3.63, 3.8) is 0 Å². The maximum atomic E-state index is 12.2. The highest BCUT2D eigenvalue weighted by Crippen LogP contribution is 2.37. The van der Waals surface area contributed by atoms with Gasteiger partial charge in [0.25, 0.3) is 7.37 Å². The van der Waals surface area contributed by atoms with E-state index in [9.17, 15) is 38.2 Å². The summed E-state index contributed by atoms with van der Waals surface area (Å²) in [5.41, 5.74) is -3.59. The van der Waals surface area contributed by atoms with E-state index >= 15 is 0 Å². The molecule has 0 bridgehead atoms. The van der Waals surface area contributed by atoms with Gasteiger partial charge in [0.05, 0.1) is 106 Å². The van der Waals surface area contributed by atoms with E-state index in [-0.39, 0.29) is 75.6 Å². The lowest BCUT2D eigenvalue weighted by Gasteiger charge is -2.28. The number of aliphatic carboxylic acids is 3. The Morgan fingerprint density at radius 2 is 0.690 bits per heavy atom. The lowest BCUT2D eigenvalue weighted by Crippen LogP contribution is -2.37. The summed E-state index contributed by atoms with van der Waals surface area (Å²) in [5, 5.41) is 138. The normalized spacial score (nSPS) is 15.3. The summed E-state index contributed by atoms with van der Waals surface area (Å²) in [6, 6.07) is 20.1. The number of aromatic carboxylic acids is 3. The lowest BCUT2D eigenvalue weighted by atomic mass is 9.75. The van der Waals surface area contributed by atoms with Crippen LogP contribution in [0.4, 0.5) is 0 Å². The van der Waals surface area contributed by atoms with Gasteiger partial charge in [0.15, 0.2) is 0 Å². The fourth-order valence-corrected chi connectivity index (χ4v) is 6.72. The fraction of sp³-hybridized carbons (Fsp3) is 0.478. The maximum Gasteiger partial charge on any atom is 0.335 e. The molecule has 0 spiro atoms. The third-order valence-corrected chi connectivity index (χ3v) is 12.9. The summed E-state index contributed by atoms with van der Waals surface area (Å²) in [6.45, 7) is 0.791. The van der Waals surface area contributed by atoms with Gasteiger partial charge < -0.3 is 86.6 Å². The predicted octanol–water partition coefficient (Wildman–Crippen LogP) is -0.767. The summed E-state index contributed by atoms with van der Waals surface area (Å²) in [6.07, 6.45) is 0.661. The molecule has 0 radical (unpaired) electrons. The van der Waals surface area contributed by atoms with Crippen LogP contribution in [-0.2, 0) is 18.9 Å². The molecule has 25 heteroatoms. The molecule has 4 rings (SSSR count). The van der Waals surface area contributed by atoms with E-state index in [2.05, 4.69) is 0 Å². The zero-order chi connectivity index (χ0) is 55.2. The minimum absolute atomic E-state index is 0.0223. The second kappa shape index (κ2) is 33.8. The van der Waals surface area contributed by atoms with Crippen molar-refractivity contribution in [1.82, 2.24) is 0 Å². The van der Waals surface area contributed by atoms with Gasteiger partial charge in [0.1, 0.15) is 0 Å². The molecule has 0 heterocycles. The molecule has 1 aliphatic rings. The zero-order valence-corrected chi connectivity index (χ0v) is 39.9. The van der Waals surface area contributed by atoms with Crippen molar-refractivity contribution in [1.29, 1.82) is 0 Å². The molecule has 24 nitrogen and oxygen atoms in total. The summed E-state index contributed by atoms with van der Waals surface area (Å²) in [7, 11) is -3.40. The number of carboxylic acids is 6. The summed E-state index contributed by atoms with van der Waals surface area (Å²) in [5.74, 6) is -10.1. The first-order valence-electron chi connectivity index (χ1n) is 21.3. The van der Waals surface area contributed by atoms with Gasteiger partial charge in [-0.1, -0.05) is 50.2 Å². The van der Waals surface area contributed by atoms with Crippen molar-refractivity contribution in [2.45, 2.75) is 39.5 Å². The van der Waals surface area contributed by atoms with E-state index < -0.39 is 104 Å². The Morgan fingerprint density at radius 3 is 0.817 bits per heavy atom. The molecule has 1 fully saturated rings. The molecule has 0 aromatic heterocycles. The molecule has 3 aromatic carbocycles. The lowest BCUT2D eigenvalue weighted by molar-refractivity contribution is -0.153. The Balaban J connectivity index is 0. The first kappa shape index (κ1) is 67.3. The van der Waals surface area contributed by atoms with Gasteiger partial charge >= 0.3 is 35.8 Å². The highest BCUT2D eigenvalue weighted by atomic mass is 31.2. The van der Waals surface area contributed by atoms with Crippen molar-refractivity contribution in [3.8, 4) is 0 Å². The molecule has 0 saturated heterocycles. The van der Waals surface area contributed by atoms with Gasteiger partial charge in [-0.15, -0.1) is 0 Å². The van der Waals surface area contributed by atoms with E-state index in [0.29, 0.717) is 17.0 Å². The molecule has 0 unspecified atom stereocenters. The number of aliphatic hydroxyl groups is 10. The minimum Gasteiger partial charge on any atom is -0.481 e. The molecule has 0 amide bonds. The predicted molar refractivity (Wildman–Crippen MR) is 251 cm³/mol. The molecule has 1 saturated carbocycles. The minimum atomic E-state index is -3.40. The largest absolute Gasteiger partial charge is 0.481 e. The second-order valence-electron chi connectivity index (χ2n) is 16.5. The van der Waals surface area contributed by atoms with Gasteiger partial charge in [-0.25, -0.2) is 14.4 Å². The van der Waals surface area contributed by atoms with E-state index in [4.69, 9.17) is 81.7 Å². The Kier molecular flexibility index (Phi) is 32.0. The van der Waals surface area contributed by atoms with E-state index in [1.54, 1.807) is 55.5 Å². The van der Waals surface area contributed by atoms with Crippen molar-refractivity contribution in [3.05, 3.63) is 95.6 Å². The summed E-state index contributed by atoms with van der Waals surface area (Å²) in [4.78, 5) is 73.8. The first-order chi connectivity index (χ1) is 33.2. The van der Waals surface area contributed by atoms with E-state index in [0.717, 1.165) is 18.2 Å². The average Bonchev–Trinajstić information content (AvgIpc) is 3.39. The molecule has 0 aliphatic heterocycles. The van der Waals surface area contributed by atoms with Gasteiger partial charge in [0, 0.05) is 21.4 Å². The number of benzene rings is 3. The van der Waals surface area contributed by atoms with Crippen LogP contribution in [0.3, 0.4) is 0 Å². The Bertz CT molecular complexity index is 1870. The van der Waals surface area contributed by atoms with E-state index in [1.165, 1.54) is 0 Å². The molecule has 71 heavy (non-hydrogen) atoms. The standard InChI is InChI=1S/C12H11O2P.C9H12O6.C9H6O6.C6H14O3.C5H12O4.C5H12O3/c13-15(14,11-7-3-1-4-8-11)12-9-5-2-6-10-12;2*10-7(11)4-1-5(8(12)13)3-6(2-4)9(14)15;1-2-6(3-7,4-8)5-9;6-1-5(2-7,3-8)4-9;1-5(2-6,3-7)4-8/h1-10H,(H,13,14);4-6H,1-3H2,(H,10,11)(H,12,13)(H,14,15);1-3H,(H,10,11)(H,12,13)(H,14,15);7-9H,2-5H2,1H3;6-9H,1-4H2;6-8H,2-4H2,1H3. The van der Waals surface area contributed by atoms with Crippen LogP contribution in [-0.4, -0.2) is 188 Å². The SMILES string of the molecule is CC(CO)(CO)CO.CCC(CO)(CO)CO.O=C(O)C1CC(C(=O)O)CC(C(=O)O)C1.O=C(O)c1cc(C(=O)O)cc(C(=O)O)c1.O=P(O)(c1ccccc1)c1ccccc1.OCC(CO)(CO)CO. The third kappa shape index (κ3) is 23.4. The van der Waals surface area contributed by atoms with Crippen LogP contribution in [0.5, 0.6) is 0 Å². The number of hydrogen-bond acceptors (Lipinski definition) is 17. The van der Waals surface area contributed by atoms with Crippen molar-refractivity contribution in [2.75, 3.05) is 66.1 Å². The molecule has 400 valence electrons. The van der Waals surface area contributed by atoms with Crippen LogP contribution in [0.25, 0.3) is 0 Å². The number of hydrogen-bond donors (Lipinski definition) is 17. The summed E-state index contributed by atoms with van der Waals surface area (Å²) < 4.78 is 12.2. The molecular formula is C46H67O24P. The molecule has 17 N–H and O–H groups in total. The third-order valence-electron chi connectivity index (χ3n) is 10.9. The van der Waals surface area contributed by atoms with Crippen molar-refractivity contribution >= 4 is 53.8 Å². The van der Waals surface area contributed by atoms with Crippen LogP contribution in [0, 0.1) is 34.0 Å². The van der Waals surface area contributed by atoms with Gasteiger partial charge in [-0.05, 0) is 68.1 Å². The van der Waals surface area contributed by atoms with Gasteiger partial charge in [-0.3, -0.25) is 18.9 Å². The zero-order valence-electron chi connectivity index (χ0n) is 39.0. The molecule has 3 aromatic rings. The topological polar surface area (TPSA) is 463 Å². The van der Waals surface area contributed by atoms with Crippen LogP contribution < -0.4 is 10.6 Å². The average molecular weight is 1030 g/mol. The Labute approximate surface area is 408 Å². The summed E-state index contributed by atoms with van der Waals surface area (Å²) >= 11 is 0. The molecule has 0 atom stereocenters. The number of aliphatic hydroxyl groups excluding tert-OH is 10. The van der Waals surface area contributed by atoms with Gasteiger partial charge in [-0.2, -0.15) is 0 Å². The number of rotatable bonds is 19. The fourth-order valence-electron chi connectivity index (χ4n) is 5.27. The number of carbonyl (C=O) groups is 6.